The highest BCUT2D eigenvalue weighted by Gasteiger charge is 2.21. The number of halogens is 1. The number of hydrogen-bond acceptors (Lipinski definition) is 5. The number of carbonyl (C=O) groups is 1. The molecule has 1 aromatic rings. The van der Waals surface area contributed by atoms with Crippen molar-refractivity contribution in [3.63, 3.8) is 0 Å². The van der Waals surface area contributed by atoms with Crippen LogP contribution >= 0.6 is 0 Å². The highest BCUT2D eigenvalue weighted by atomic mass is 19.1. The highest BCUT2D eigenvalue weighted by molar-refractivity contribution is 5.84. The molecule has 7 nitrogen and oxygen atoms in total. The zero-order valence-corrected chi connectivity index (χ0v) is 10.7. The van der Waals surface area contributed by atoms with Gasteiger partial charge in [0, 0.05) is 13.1 Å². The van der Waals surface area contributed by atoms with E-state index in [0.717, 1.165) is 12.1 Å². The molecule has 1 aromatic carbocycles. The molecule has 1 amide bonds. The van der Waals surface area contributed by atoms with Crippen LogP contribution < -0.4 is 15.4 Å². The maximum absolute atomic E-state index is 13.7. The lowest BCUT2D eigenvalue weighted by molar-refractivity contribution is -0.385. The van der Waals surface area contributed by atoms with Crippen molar-refractivity contribution < 1.29 is 18.8 Å². The Bertz CT molecular complexity index is 507. The van der Waals surface area contributed by atoms with Crippen molar-refractivity contribution in [3.8, 4) is 5.75 Å². The van der Waals surface area contributed by atoms with Crippen LogP contribution in [-0.4, -0.2) is 31.0 Å². The molecule has 0 bridgehead atoms. The summed E-state index contributed by atoms with van der Waals surface area (Å²) in [6, 6.07) is 1.20. The van der Waals surface area contributed by atoms with Gasteiger partial charge in [0.15, 0.2) is 11.6 Å². The first kappa shape index (κ1) is 14.7. The number of nitro benzene ring substituents is 1. The van der Waals surface area contributed by atoms with Gasteiger partial charge in [-0.2, -0.15) is 0 Å². The Kier molecular flexibility index (Phi) is 4.62. The number of amides is 1. The summed E-state index contributed by atoms with van der Waals surface area (Å²) in [5, 5.41) is 15.7. The van der Waals surface area contributed by atoms with Crippen molar-refractivity contribution in [2.24, 2.45) is 0 Å². The molecule has 0 aliphatic carbocycles. The minimum absolute atomic E-state index is 0.0430. The van der Waals surface area contributed by atoms with Crippen LogP contribution in [0.25, 0.3) is 0 Å². The fraction of sp³-hybridized carbons (Fsp3) is 0.364. The standard InChI is InChI=1S/C11H14FN3O4/c1-6(11(16)13-2)14-8-5-10(19-3)9(15(17)18)4-7(8)12/h4-6,14H,1-3H3,(H,13,16). The fourth-order valence-electron chi connectivity index (χ4n) is 1.47. The average Bonchev–Trinajstić information content (AvgIpc) is 2.39. The van der Waals surface area contributed by atoms with Crippen molar-refractivity contribution in [2.75, 3.05) is 19.5 Å². The monoisotopic (exact) mass is 271 g/mol. The summed E-state index contributed by atoms with van der Waals surface area (Å²) in [4.78, 5) is 21.3. The summed E-state index contributed by atoms with van der Waals surface area (Å²) in [5.41, 5.74) is -0.517. The lowest BCUT2D eigenvalue weighted by atomic mass is 10.2. The lowest BCUT2D eigenvalue weighted by Crippen LogP contribution is -2.35. The van der Waals surface area contributed by atoms with E-state index < -0.39 is 22.5 Å². The summed E-state index contributed by atoms with van der Waals surface area (Å²) in [6.45, 7) is 1.53. The van der Waals surface area contributed by atoms with Crippen molar-refractivity contribution >= 4 is 17.3 Å². The van der Waals surface area contributed by atoms with Crippen molar-refractivity contribution in [2.45, 2.75) is 13.0 Å². The number of nitrogens with one attached hydrogen (secondary N) is 2. The molecule has 0 fully saturated rings. The molecule has 19 heavy (non-hydrogen) atoms. The second-order valence-corrected chi connectivity index (χ2v) is 3.74. The van der Waals surface area contributed by atoms with Gasteiger partial charge in [0.1, 0.15) is 6.04 Å². The topological polar surface area (TPSA) is 93.5 Å². The molecule has 0 aliphatic rings. The van der Waals surface area contributed by atoms with Gasteiger partial charge in [-0.25, -0.2) is 4.39 Å². The zero-order chi connectivity index (χ0) is 14.6. The number of carbonyl (C=O) groups excluding carboxylic acids is 1. The number of likely N-dealkylation sites (N-methyl/N-ethyl adjacent to an activating group) is 1. The van der Waals surface area contributed by atoms with Gasteiger partial charge in [0.25, 0.3) is 0 Å². The second kappa shape index (κ2) is 5.98. The number of benzene rings is 1. The molecule has 0 radical (unpaired) electrons. The molecule has 1 atom stereocenters. The van der Waals surface area contributed by atoms with Crippen molar-refractivity contribution in [1.82, 2.24) is 5.32 Å². The van der Waals surface area contributed by atoms with Gasteiger partial charge in [-0.1, -0.05) is 0 Å². The molecule has 0 aliphatic heterocycles. The van der Waals surface area contributed by atoms with E-state index in [-0.39, 0.29) is 17.3 Å². The summed E-state index contributed by atoms with van der Waals surface area (Å²) in [5.74, 6) is -1.25. The first-order chi connectivity index (χ1) is 8.90. The maximum atomic E-state index is 13.7. The van der Waals surface area contributed by atoms with Gasteiger partial charge in [0.2, 0.25) is 5.91 Å². The van der Waals surface area contributed by atoms with Crippen LogP contribution in [0.4, 0.5) is 15.8 Å². The van der Waals surface area contributed by atoms with E-state index in [2.05, 4.69) is 10.6 Å². The molecule has 2 N–H and O–H groups in total. The first-order valence-electron chi connectivity index (χ1n) is 5.40. The van der Waals surface area contributed by atoms with E-state index >= 15 is 0 Å². The summed E-state index contributed by atoms with van der Waals surface area (Å²) >= 11 is 0. The van der Waals surface area contributed by atoms with E-state index in [1.165, 1.54) is 21.1 Å². The smallest absolute Gasteiger partial charge is 0.313 e. The molecule has 0 heterocycles. The number of nitrogens with zero attached hydrogens (tertiary/aromatic N) is 1. The van der Waals surface area contributed by atoms with E-state index in [1.807, 2.05) is 0 Å². The van der Waals surface area contributed by atoms with Crippen LogP contribution in [0.3, 0.4) is 0 Å². The Hall–Kier alpha value is -2.38. The van der Waals surface area contributed by atoms with Gasteiger partial charge in [-0.05, 0) is 6.92 Å². The van der Waals surface area contributed by atoms with Gasteiger partial charge < -0.3 is 15.4 Å². The fourth-order valence-corrected chi connectivity index (χ4v) is 1.47. The van der Waals surface area contributed by atoms with Gasteiger partial charge in [-0.15, -0.1) is 0 Å². The molecule has 0 spiro atoms. The van der Waals surface area contributed by atoms with E-state index in [9.17, 15) is 19.3 Å². The van der Waals surface area contributed by atoms with E-state index in [0.29, 0.717) is 0 Å². The Morgan fingerprint density at radius 1 is 1.53 bits per heavy atom. The number of nitro groups is 1. The average molecular weight is 271 g/mol. The van der Waals surface area contributed by atoms with Gasteiger partial charge in [-0.3, -0.25) is 14.9 Å². The Labute approximate surface area is 108 Å². The number of anilines is 1. The molecule has 104 valence electrons. The van der Waals surface area contributed by atoms with Crippen LogP contribution in [0.2, 0.25) is 0 Å². The lowest BCUT2D eigenvalue weighted by Gasteiger charge is -2.15. The maximum Gasteiger partial charge on any atom is 0.313 e. The van der Waals surface area contributed by atoms with Crippen molar-refractivity contribution in [1.29, 1.82) is 0 Å². The number of rotatable bonds is 5. The molecular formula is C11H14FN3O4. The normalized spacial score (nSPS) is 11.6. The molecule has 0 saturated carbocycles. The molecule has 0 aromatic heterocycles. The Balaban J connectivity index is 3.09. The quantitative estimate of drug-likeness (QED) is 0.621. The van der Waals surface area contributed by atoms with Crippen LogP contribution in [-0.2, 0) is 4.79 Å². The molecular weight excluding hydrogens is 257 g/mol. The minimum atomic E-state index is -0.830. The number of methoxy groups -OCH3 is 1. The zero-order valence-electron chi connectivity index (χ0n) is 10.7. The summed E-state index contributed by atoms with van der Waals surface area (Å²) < 4.78 is 18.5. The SMILES string of the molecule is CNC(=O)C(C)Nc1cc(OC)c([N+](=O)[O-])cc1F. The third-order valence-corrected chi connectivity index (χ3v) is 2.48. The molecule has 1 unspecified atom stereocenters. The second-order valence-electron chi connectivity index (χ2n) is 3.74. The van der Waals surface area contributed by atoms with E-state index in [4.69, 9.17) is 4.74 Å². The van der Waals surface area contributed by atoms with Crippen LogP contribution in [0, 0.1) is 15.9 Å². The third kappa shape index (κ3) is 3.30. The van der Waals surface area contributed by atoms with E-state index in [1.54, 1.807) is 0 Å². The first-order valence-corrected chi connectivity index (χ1v) is 5.40. The van der Waals surface area contributed by atoms with Gasteiger partial charge >= 0.3 is 5.69 Å². The van der Waals surface area contributed by atoms with Gasteiger partial charge in [0.05, 0.1) is 23.8 Å². The third-order valence-electron chi connectivity index (χ3n) is 2.48. The van der Waals surface area contributed by atoms with Crippen LogP contribution in [0.5, 0.6) is 5.75 Å². The van der Waals surface area contributed by atoms with Crippen molar-refractivity contribution in [3.05, 3.63) is 28.1 Å². The van der Waals surface area contributed by atoms with Crippen LogP contribution in [0.15, 0.2) is 12.1 Å². The summed E-state index contributed by atoms with van der Waals surface area (Å²) in [7, 11) is 2.69. The molecule has 1 rings (SSSR count). The summed E-state index contributed by atoms with van der Waals surface area (Å²) in [6.07, 6.45) is 0. The Morgan fingerprint density at radius 3 is 2.63 bits per heavy atom. The number of ether oxygens (including phenoxy) is 1. The Morgan fingerprint density at radius 2 is 2.16 bits per heavy atom. The number of hydrogen-bond donors (Lipinski definition) is 2. The highest BCUT2D eigenvalue weighted by Crippen LogP contribution is 2.32. The molecule has 0 saturated heterocycles. The largest absolute Gasteiger partial charge is 0.490 e. The van der Waals surface area contributed by atoms with Crippen LogP contribution in [0.1, 0.15) is 6.92 Å². The minimum Gasteiger partial charge on any atom is -0.490 e. The predicted molar refractivity (Wildman–Crippen MR) is 66.8 cm³/mol. The molecule has 8 heteroatoms. The predicted octanol–water partition coefficient (Wildman–Crippen LogP) is 1.29.